The standard InChI is InChI=1S/C16H18N2O5/c17-11-13-9-15-16(10-14(13)12-18)23-8-6-21-4-2-19-1-3-20-5-7-22-15/h9-10H,1-8H2. The van der Waals surface area contributed by atoms with E-state index in [4.69, 9.17) is 34.2 Å². The molecule has 1 aliphatic heterocycles. The number of fused-ring (bicyclic) bond motifs is 1. The van der Waals surface area contributed by atoms with Crippen molar-refractivity contribution in [1.82, 2.24) is 0 Å². The van der Waals surface area contributed by atoms with E-state index in [0.29, 0.717) is 64.4 Å². The van der Waals surface area contributed by atoms with Crippen LogP contribution in [0.15, 0.2) is 12.1 Å². The van der Waals surface area contributed by atoms with Gasteiger partial charge in [0.05, 0.1) is 50.8 Å². The Morgan fingerprint density at radius 1 is 0.609 bits per heavy atom. The molecule has 2 rings (SSSR count). The second kappa shape index (κ2) is 9.65. The van der Waals surface area contributed by atoms with Crippen LogP contribution in [0.3, 0.4) is 0 Å². The second-order valence-corrected chi connectivity index (χ2v) is 4.60. The van der Waals surface area contributed by atoms with Crippen LogP contribution in [-0.4, -0.2) is 52.9 Å². The molecule has 0 amide bonds. The van der Waals surface area contributed by atoms with Crippen molar-refractivity contribution in [2.75, 3.05) is 52.9 Å². The van der Waals surface area contributed by atoms with Gasteiger partial charge < -0.3 is 23.7 Å². The van der Waals surface area contributed by atoms with Crippen LogP contribution in [0, 0.1) is 22.7 Å². The average Bonchev–Trinajstić information content (AvgIpc) is 2.59. The Balaban J connectivity index is 2.12. The van der Waals surface area contributed by atoms with Gasteiger partial charge in [0.15, 0.2) is 11.5 Å². The zero-order valence-electron chi connectivity index (χ0n) is 12.7. The SMILES string of the molecule is N#Cc1cc2c(cc1C#N)OCCOCCOCCOCCO2. The Kier molecular flexibility index (Phi) is 7.15. The minimum absolute atomic E-state index is 0.248. The highest BCUT2D eigenvalue weighted by molar-refractivity contribution is 5.56. The van der Waals surface area contributed by atoms with Gasteiger partial charge in [0.2, 0.25) is 0 Å². The highest BCUT2D eigenvalue weighted by Crippen LogP contribution is 2.30. The van der Waals surface area contributed by atoms with Crippen LogP contribution >= 0.6 is 0 Å². The molecule has 0 bridgehead atoms. The third-order valence-electron chi connectivity index (χ3n) is 3.04. The van der Waals surface area contributed by atoms with Gasteiger partial charge in [0.25, 0.3) is 0 Å². The topological polar surface area (TPSA) is 93.7 Å². The predicted molar refractivity (Wildman–Crippen MR) is 79.3 cm³/mol. The van der Waals surface area contributed by atoms with Crippen molar-refractivity contribution >= 4 is 0 Å². The van der Waals surface area contributed by atoms with Gasteiger partial charge >= 0.3 is 0 Å². The molecule has 0 unspecified atom stereocenters. The number of ether oxygens (including phenoxy) is 5. The summed E-state index contributed by atoms with van der Waals surface area (Å²) in [5, 5.41) is 18.2. The highest BCUT2D eigenvalue weighted by atomic mass is 16.6. The quantitative estimate of drug-likeness (QED) is 0.710. The number of benzene rings is 1. The van der Waals surface area contributed by atoms with E-state index in [2.05, 4.69) is 0 Å². The lowest BCUT2D eigenvalue weighted by Crippen LogP contribution is -2.13. The monoisotopic (exact) mass is 318 g/mol. The summed E-state index contributed by atoms with van der Waals surface area (Å²) in [7, 11) is 0. The van der Waals surface area contributed by atoms with E-state index in [1.807, 2.05) is 12.1 Å². The van der Waals surface area contributed by atoms with Crippen LogP contribution in [-0.2, 0) is 14.2 Å². The molecule has 7 nitrogen and oxygen atoms in total. The summed E-state index contributed by atoms with van der Waals surface area (Å²) in [6, 6.07) is 6.98. The van der Waals surface area contributed by atoms with Gasteiger partial charge in [-0.3, -0.25) is 0 Å². The van der Waals surface area contributed by atoms with Crippen molar-refractivity contribution in [2.45, 2.75) is 0 Å². The minimum Gasteiger partial charge on any atom is -0.487 e. The summed E-state index contributed by atoms with van der Waals surface area (Å²) in [6.07, 6.45) is 0. The molecule has 23 heavy (non-hydrogen) atoms. The Hall–Kier alpha value is -2.32. The van der Waals surface area contributed by atoms with Crippen LogP contribution in [0.4, 0.5) is 0 Å². The van der Waals surface area contributed by atoms with Crippen molar-refractivity contribution in [3.63, 3.8) is 0 Å². The second-order valence-electron chi connectivity index (χ2n) is 4.60. The highest BCUT2D eigenvalue weighted by Gasteiger charge is 2.12. The van der Waals surface area contributed by atoms with Gasteiger partial charge in [-0.2, -0.15) is 10.5 Å². The van der Waals surface area contributed by atoms with Crippen molar-refractivity contribution in [2.24, 2.45) is 0 Å². The number of hydrogen-bond donors (Lipinski definition) is 0. The maximum Gasteiger partial charge on any atom is 0.162 e. The van der Waals surface area contributed by atoms with Gasteiger partial charge in [-0.05, 0) is 0 Å². The Morgan fingerprint density at radius 2 is 0.957 bits per heavy atom. The fourth-order valence-electron chi connectivity index (χ4n) is 1.93. The zero-order valence-corrected chi connectivity index (χ0v) is 12.7. The van der Waals surface area contributed by atoms with Gasteiger partial charge in [-0.1, -0.05) is 0 Å². The van der Waals surface area contributed by atoms with Crippen LogP contribution in [0.1, 0.15) is 11.1 Å². The molecule has 0 saturated heterocycles. The van der Waals surface area contributed by atoms with Gasteiger partial charge in [-0.25, -0.2) is 0 Å². The number of rotatable bonds is 0. The summed E-state index contributed by atoms with van der Waals surface area (Å²) in [6.45, 7) is 3.35. The number of nitrogens with zero attached hydrogens (tertiary/aromatic N) is 2. The van der Waals surface area contributed by atoms with Crippen LogP contribution < -0.4 is 9.47 Å². The zero-order chi connectivity index (χ0) is 16.3. The molecular formula is C16H18N2O5. The molecule has 0 saturated carbocycles. The van der Waals surface area contributed by atoms with Gasteiger partial charge in [0, 0.05) is 12.1 Å². The third-order valence-corrected chi connectivity index (χ3v) is 3.04. The first-order valence-electron chi connectivity index (χ1n) is 7.32. The molecule has 1 aromatic rings. The first-order valence-corrected chi connectivity index (χ1v) is 7.32. The minimum atomic E-state index is 0.248. The Labute approximate surface area is 134 Å². The van der Waals surface area contributed by atoms with E-state index >= 15 is 0 Å². The lowest BCUT2D eigenvalue weighted by atomic mass is 10.1. The lowest BCUT2D eigenvalue weighted by molar-refractivity contribution is 0.00708. The first kappa shape index (κ1) is 17.0. The molecule has 0 spiro atoms. The smallest absolute Gasteiger partial charge is 0.162 e. The molecule has 1 aromatic carbocycles. The van der Waals surface area contributed by atoms with E-state index in [9.17, 15) is 0 Å². The van der Waals surface area contributed by atoms with Crippen molar-refractivity contribution in [3.8, 4) is 23.6 Å². The largest absolute Gasteiger partial charge is 0.487 e. The van der Waals surface area contributed by atoms with E-state index in [1.54, 1.807) is 0 Å². The Bertz CT molecular complexity index is 540. The summed E-state index contributed by atoms with van der Waals surface area (Å²) in [5.74, 6) is 0.825. The van der Waals surface area contributed by atoms with Gasteiger partial charge in [-0.15, -0.1) is 0 Å². The fraction of sp³-hybridized carbons (Fsp3) is 0.500. The maximum atomic E-state index is 9.10. The molecule has 7 heteroatoms. The van der Waals surface area contributed by atoms with Crippen LogP contribution in [0.5, 0.6) is 11.5 Å². The molecule has 0 fully saturated rings. The van der Waals surface area contributed by atoms with Gasteiger partial charge in [0.1, 0.15) is 25.4 Å². The first-order chi connectivity index (χ1) is 11.3. The molecule has 1 heterocycles. The summed E-state index contributed by atoms with van der Waals surface area (Å²) in [5.41, 5.74) is 0.497. The molecule has 0 aliphatic carbocycles. The predicted octanol–water partition coefficient (Wildman–Crippen LogP) is 1.25. The number of nitriles is 2. The average molecular weight is 318 g/mol. The number of hydrogen-bond acceptors (Lipinski definition) is 7. The maximum absolute atomic E-state index is 9.10. The van der Waals surface area contributed by atoms with E-state index in [0.717, 1.165) is 0 Å². The van der Waals surface area contributed by atoms with E-state index in [1.165, 1.54) is 12.1 Å². The summed E-state index contributed by atoms with van der Waals surface area (Å²) >= 11 is 0. The summed E-state index contributed by atoms with van der Waals surface area (Å²) < 4.78 is 27.3. The molecular weight excluding hydrogens is 300 g/mol. The third kappa shape index (κ3) is 5.42. The fourth-order valence-corrected chi connectivity index (χ4v) is 1.93. The molecule has 0 N–H and O–H groups in total. The molecule has 0 radical (unpaired) electrons. The molecule has 0 atom stereocenters. The van der Waals surface area contributed by atoms with E-state index < -0.39 is 0 Å². The van der Waals surface area contributed by atoms with E-state index in [-0.39, 0.29) is 11.1 Å². The van der Waals surface area contributed by atoms with Crippen LogP contribution in [0.2, 0.25) is 0 Å². The van der Waals surface area contributed by atoms with Crippen molar-refractivity contribution < 1.29 is 23.7 Å². The van der Waals surface area contributed by atoms with Crippen molar-refractivity contribution in [1.29, 1.82) is 10.5 Å². The molecule has 122 valence electrons. The molecule has 0 aromatic heterocycles. The van der Waals surface area contributed by atoms with Crippen molar-refractivity contribution in [3.05, 3.63) is 23.3 Å². The summed E-state index contributed by atoms with van der Waals surface area (Å²) in [4.78, 5) is 0. The molecule has 1 aliphatic rings. The normalized spacial score (nSPS) is 17.1. The van der Waals surface area contributed by atoms with Crippen LogP contribution in [0.25, 0.3) is 0 Å². The Morgan fingerprint density at radius 3 is 1.30 bits per heavy atom. The lowest BCUT2D eigenvalue weighted by Gasteiger charge is -2.14.